The summed E-state index contributed by atoms with van der Waals surface area (Å²) in [5.74, 6) is 0.298. The number of carbonyl (C=O) groups excluding carboxylic acids is 1. The number of para-hydroxylation sites is 1. The van der Waals surface area contributed by atoms with Crippen LogP contribution in [-0.2, 0) is 10.0 Å². The summed E-state index contributed by atoms with van der Waals surface area (Å²) < 4.78 is 28.3. The molecule has 0 atom stereocenters. The van der Waals surface area contributed by atoms with E-state index in [4.69, 9.17) is 0 Å². The minimum Gasteiger partial charge on any atom is -0.352 e. The summed E-state index contributed by atoms with van der Waals surface area (Å²) in [4.78, 5) is 12.5. The smallest absolute Gasteiger partial charge is 0.268 e. The molecular formula is C26H26N2O3S. The largest absolute Gasteiger partial charge is 0.352 e. The van der Waals surface area contributed by atoms with E-state index >= 15 is 0 Å². The van der Waals surface area contributed by atoms with E-state index in [1.807, 2.05) is 48.5 Å². The lowest BCUT2D eigenvalue weighted by molar-refractivity contribution is 0.0952. The molecule has 0 saturated carbocycles. The van der Waals surface area contributed by atoms with E-state index in [0.717, 1.165) is 22.9 Å². The van der Waals surface area contributed by atoms with Crippen molar-refractivity contribution in [3.8, 4) is 11.1 Å². The molecule has 1 aromatic heterocycles. The minimum absolute atomic E-state index is 0.136. The summed E-state index contributed by atoms with van der Waals surface area (Å²) in [6.45, 7) is 4.79. The van der Waals surface area contributed by atoms with E-state index < -0.39 is 10.0 Å². The molecule has 1 heterocycles. The first-order valence-corrected chi connectivity index (χ1v) is 12.1. The molecule has 0 aliphatic rings. The summed E-state index contributed by atoms with van der Waals surface area (Å²) in [5, 5.41) is 3.74. The first kappa shape index (κ1) is 21.8. The number of rotatable bonds is 7. The zero-order valence-corrected chi connectivity index (χ0v) is 19.0. The normalized spacial score (nSPS) is 11.7. The van der Waals surface area contributed by atoms with Gasteiger partial charge in [0, 0.05) is 29.3 Å². The molecule has 6 heteroatoms. The number of fused-ring (bicyclic) bond motifs is 1. The molecule has 5 nitrogen and oxygen atoms in total. The van der Waals surface area contributed by atoms with Crippen LogP contribution in [0.4, 0.5) is 0 Å². The summed E-state index contributed by atoms with van der Waals surface area (Å²) in [5.41, 5.74) is 2.86. The van der Waals surface area contributed by atoms with Gasteiger partial charge in [-0.25, -0.2) is 12.4 Å². The first-order valence-electron chi connectivity index (χ1n) is 10.7. The van der Waals surface area contributed by atoms with E-state index in [1.54, 1.807) is 24.4 Å². The third-order valence-corrected chi connectivity index (χ3v) is 7.13. The number of aromatic nitrogens is 1. The molecule has 0 aliphatic heterocycles. The number of nitrogens with one attached hydrogen (secondary N) is 1. The Kier molecular flexibility index (Phi) is 6.15. The fourth-order valence-corrected chi connectivity index (χ4v) is 5.03. The molecule has 0 radical (unpaired) electrons. The van der Waals surface area contributed by atoms with Crippen LogP contribution >= 0.6 is 0 Å². The Labute approximate surface area is 188 Å². The molecule has 0 spiro atoms. The van der Waals surface area contributed by atoms with Crippen molar-refractivity contribution < 1.29 is 13.2 Å². The van der Waals surface area contributed by atoms with Gasteiger partial charge in [-0.2, -0.15) is 0 Å². The molecule has 0 bridgehead atoms. The quantitative estimate of drug-likeness (QED) is 0.418. The van der Waals surface area contributed by atoms with Crippen molar-refractivity contribution in [3.63, 3.8) is 0 Å². The van der Waals surface area contributed by atoms with Crippen LogP contribution in [0.25, 0.3) is 22.0 Å². The fraction of sp³-hybridized carbons (Fsp3) is 0.192. The van der Waals surface area contributed by atoms with Gasteiger partial charge in [0.15, 0.2) is 0 Å². The standard InChI is InChI=1S/C26H26N2O3S/c1-19(2)16-17-27-26(29)21-12-14-22(15-13-21)32(30,31)28-18-24(20-8-4-3-5-9-20)23-10-6-7-11-25(23)28/h3-15,18-19H,16-17H2,1-2H3,(H,27,29). The summed E-state index contributed by atoms with van der Waals surface area (Å²) in [6, 6.07) is 23.3. The average Bonchev–Trinajstić information content (AvgIpc) is 3.20. The second-order valence-corrected chi connectivity index (χ2v) is 10.0. The molecule has 0 aliphatic carbocycles. The maximum atomic E-state index is 13.5. The van der Waals surface area contributed by atoms with Gasteiger partial charge in [-0.05, 0) is 48.2 Å². The van der Waals surface area contributed by atoms with Crippen LogP contribution in [0.1, 0.15) is 30.6 Å². The molecule has 0 unspecified atom stereocenters. The van der Waals surface area contributed by atoms with Crippen molar-refractivity contribution in [1.29, 1.82) is 0 Å². The van der Waals surface area contributed by atoms with Gasteiger partial charge >= 0.3 is 0 Å². The number of hydrogen-bond acceptors (Lipinski definition) is 3. The highest BCUT2D eigenvalue weighted by molar-refractivity contribution is 7.90. The molecule has 3 aromatic carbocycles. The van der Waals surface area contributed by atoms with E-state index in [9.17, 15) is 13.2 Å². The molecule has 4 aromatic rings. The van der Waals surface area contributed by atoms with Crippen LogP contribution in [0, 0.1) is 5.92 Å². The van der Waals surface area contributed by atoms with Gasteiger partial charge in [0.05, 0.1) is 10.4 Å². The van der Waals surface area contributed by atoms with Gasteiger partial charge in [0.2, 0.25) is 0 Å². The third-order valence-electron chi connectivity index (χ3n) is 5.44. The van der Waals surface area contributed by atoms with Gasteiger partial charge in [0.25, 0.3) is 15.9 Å². The van der Waals surface area contributed by atoms with Crippen LogP contribution in [0.2, 0.25) is 0 Å². The fourth-order valence-electron chi connectivity index (χ4n) is 3.66. The van der Waals surface area contributed by atoms with Crippen molar-refractivity contribution >= 4 is 26.8 Å². The zero-order valence-electron chi connectivity index (χ0n) is 18.2. The van der Waals surface area contributed by atoms with Gasteiger partial charge < -0.3 is 5.32 Å². The Morgan fingerprint density at radius 3 is 2.25 bits per heavy atom. The number of carbonyl (C=O) groups is 1. The highest BCUT2D eigenvalue weighted by Gasteiger charge is 2.22. The van der Waals surface area contributed by atoms with Crippen LogP contribution in [-0.4, -0.2) is 24.8 Å². The summed E-state index contributed by atoms with van der Waals surface area (Å²) in [6.07, 6.45) is 2.56. The average molecular weight is 447 g/mol. The summed E-state index contributed by atoms with van der Waals surface area (Å²) >= 11 is 0. The number of nitrogens with zero attached hydrogens (tertiary/aromatic N) is 1. The second-order valence-electron chi connectivity index (χ2n) is 8.19. The molecule has 1 N–H and O–H groups in total. The predicted molar refractivity (Wildman–Crippen MR) is 128 cm³/mol. The van der Waals surface area contributed by atoms with E-state index in [2.05, 4.69) is 19.2 Å². The van der Waals surface area contributed by atoms with Crippen LogP contribution < -0.4 is 5.32 Å². The van der Waals surface area contributed by atoms with Gasteiger partial charge in [-0.3, -0.25) is 4.79 Å². The Hall–Kier alpha value is -3.38. The lowest BCUT2D eigenvalue weighted by Crippen LogP contribution is -2.25. The third kappa shape index (κ3) is 4.32. The van der Waals surface area contributed by atoms with Crippen molar-refractivity contribution in [1.82, 2.24) is 9.29 Å². The first-order chi connectivity index (χ1) is 15.4. The minimum atomic E-state index is -3.84. The Morgan fingerprint density at radius 1 is 0.906 bits per heavy atom. The Morgan fingerprint density at radius 2 is 1.56 bits per heavy atom. The Bertz CT molecular complexity index is 1340. The van der Waals surface area contributed by atoms with Crippen molar-refractivity contribution in [2.24, 2.45) is 5.92 Å². The molecule has 164 valence electrons. The highest BCUT2D eigenvalue weighted by Crippen LogP contribution is 2.32. The molecule has 32 heavy (non-hydrogen) atoms. The van der Waals surface area contributed by atoms with Crippen LogP contribution in [0.3, 0.4) is 0 Å². The predicted octanol–water partition coefficient (Wildman–Crippen LogP) is 5.32. The van der Waals surface area contributed by atoms with Crippen molar-refractivity contribution in [3.05, 3.63) is 90.6 Å². The number of benzene rings is 3. The SMILES string of the molecule is CC(C)CCNC(=O)c1ccc(S(=O)(=O)n2cc(-c3ccccc3)c3ccccc32)cc1. The Balaban J connectivity index is 1.68. The zero-order chi connectivity index (χ0) is 22.7. The highest BCUT2D eigenvalue weighted by atomic mass is 32.2. The van der Waals surface area contributed by atoms with Crippen LogP contribution in [0.15, 0.2) is 90.0 Å². The van der Waals surface area contributed by atoms with Crippen molar-refractivity contribution in [2.45, 2.75) is 25.2 Å². The lowest BCUT2D eigenvalue weighted by Gasteiger charge is -2.10. The lowest BCUT2D eigenvalue weighted by atomic mass is 10.1. The van der Waals surface area contributed by atoms with Crippen LogP contribution in [0.5, 0.6) is 0 Å². The van der Waals surface area contributed by atoms with Crippen molar-refractivity contribution in [2.75, 3.05) is 6.54 Å². The summed E-state index contributed by atoms with van der Waals surface area (Å²) in [7, 11) is -3.84. The second kappa shape index (κ2) is 9.01. The molecule has 0 fully saturated rings. The van der Waals surface area contributed by atoms with E-state index in [0.29, 0.717) is 23.5 Å². The monoisotopic (exact) mass is 446 g/mol. The maximum Gasteiger partial charge on any atom is 0.268 e. The number of amides is 1. The topological polar surface area (TPSA) is 68.2 Å². The molecule has 4 rings (SSSR count). The molecular weight excluding hydrogens is 420 g/mol. The maximum absolute atomic E-state index is 13.5. The van der Waals surface area contributed by atoms with Gasteiger partial charge in [-0.1, -0.05) is 62.4 Å². The molecule has 1 amide bonds. The molecule has 0 saturated heterocycles. The number of hydrogen-bond donors (Lipinski definition) is 1. The van der Waals surface area contributed by atoms with Gasteiger partial charge in [-0.15, -0.1) is 0 Å². The van der Waals surface area contributed by atoms with Gasteiger partial charge in [0.1, 0.15) is 0 Å². The van der Waals surface area contributed by atoms with E-state index in [-0.39, 0.29) is 10.8 Å². The van der Waals surface area contributed by atoms with E-state index in [1.165, 1.54) is 16.1 Å².